The minimum atomic E-state index is -4.68. The summed E-state index contributed by atoms with van der Waals surface area (Å²) in [5.41, 5.74) is 0. The molecule has 0 radical (unpaired) electrons. The van der Waals surface area contributed by atoms with Gasteiger partial charge in [0, 0.05) is 12.8 Å². The van der Waals surface area contributed by atoms with Crippen LogP contribution in [-0.4, -0.2) is 92.5 Å². The maximum Gasteiger partial charge on any atom is 0.306 e. The number of nitrogens with zero attached hydrogens (tertiary/aromatic N) is 1. The van der Waals surface area contributed by atoms with E-state index in [0.717, 1.165) is 44.9 Å². The van der Waals surface area contributed by atoms with Gasteiger partial charge in [-0.15, -0.1) is 0 Å². The van der Waals surface area contributed by atoms with Crippen LogP contribution in [0.2, 0.25) is 0 Å². The molecule has 0 saturated heterocycles. The quantitative estimate of drug-likeness (QED) is 0.0201. The SMILES string of the molecule is CCCCCCCCCCCCCCCCCC(=O)O[C@H](COC(=O)CCC[C@@H](O)/C=C/C=C\C/C=C\C=C\[C@@H](O)CCCCC)COP(=O)([O-])OCC[N+](C)(C)C. The number of rotatable bonds is 40. The van der Waals surface area contributed by atoms with Crippen molar-refractivity contribution in [1.82, 2.24) is 0 Å². The molecule has 1 unspecified atom stereocenters. The molecule has 0 aliphatic heterocycles. The number of phosphoric acid groups is 1. The first-order valence-corrected chi connectivity index (χ1v) is 24.0. The molecular weight excluding hydrogens is 757 g/mol. The molecule has 338 valence electrons. The van der Waals surface area contributed by atoms with Crippen LogP contribution in [0.3, 0.4) is 0 Å². The molecule has 0 fully saturated rings. The Morgan fingerprint density at radius 2 is 1.09 bits per heavy atom. The number of quaternary nitrogens is 1. The summed E-state index contributed by atoms with van der Waals surface area (Å²) in [6.07, 6.45) is 36.4. The highest BCUT2D eigenvalue weighted by atomic mass is 31.2. The van der Waals surface area contributed by atoms with Crippen molar-refractivity contribution in [3.8, 4) is 0 Å². The van der Waals surface area contributed by atoms with Crippen LogP contribution in [0.15, 0.2) is 48.6 Å². The zero-order valence-corrected chi connectivity index (χ0v) is 38.1. The number of aliphatic hydroxyl groups is 2. The molecule has 12 heteroatoms. The van der Waals surface area contributed by atoms with Gasteiger partial charge in [-0.05, 0) is 32.1 Å². The molecular formula is C46H84NO10P. The van der Waals surface area contributed by atoms with Crippen molar-refractivity contribution >= 4 is 19.8 Å². The fraction of sp³-hybridized carbons (Fsp3) is 0.783. The number of aliphatic hydroxyl groups excluding tert-OH is 2. The van der Waals surface area contributed by atoms with Crippen molar-refractivity contribution < 1.29 is 52.3 Å². The molecule has 4 atom stereocenters. The van der Waals surface area contributed by atoms with E-state index in [2.05, 4.69) is 13.8 Å². The third kappa shape index (κ3) is 40.7. The molecule has 0 aliphatic rings. The molecule has 0 aromatic carbocycles. The lowest BCUT2D eigenvalue weighted by molar-refractivity contribution is -0.870. The number of ether oxygens (including phenoxy) is 2. The van der Waals surface area contributed by atoms with E-state index < -0.39 is 44.7 Å². The fourth-order valence-corrected chi connectivity index (χ4v) is 6.66. The zero-order valence-electron chi connectivity index (χ0n) is 37.2. The second-order valence-electron chi connectivity index (χ2n) is 16.5. The maximum atomic E-state index is 12.7. The van der Waals surface area contributed by atoms with E-state index in [0.29, 0.717) is 36.7 Å². The Morgan fingerprint density at radius 3 is 1.60 bits per heavy atom. The number of carbonyl (C=O) groups excluding carboxylic acids is 2. The number of hydrogen-bond donors (Lipinski definition) is 2. The highest BCUT2D eigenvalue weighted by Crippen LogP contribution is 2.38. The number of unbranched alkanes of at least 4 members (excludes halogenated alkanes) is 16. The summed E-state index contributed by atoms with van der Waals surface area (Å²) in [6, 6.07) is 0. The van der Waals surface area contributed by atoms with Gasteiger partial charge in [0.25, 0.3) is 7.82 Å². The summed E-state index contributed by atoms with van der Waals surface area (Å²) < 4.78 is 33.7. The molecule has 0 spiro atoms. The summed E-state index contributed by atoms with van der Waals surface area (Å²) in [4.78, 5) is 37.6. The van der Waals surface area contributed by atoms with Crippen LogP contribution in [0.1, 0.15) is 168 Å². The summed E-state index contributed by atoms with van der Waals surface area (Å²) in [6.45, 7) is 3.86. The van der Waals surface area contributed by atoms with Crippen LogP contribution >= 0.6 is 7.82 Å². The smallest absolute Gasteiger partial charge is 0.306 e. The first kappa shape index (κ1) is 55.9. The van der Waals surface area contributed by atoms with E-state index in [4.69, 9.17) is 18.5 Å². The summed E-state index contributed by atoms with van der Waals surface area (Å²) in [5.74, 6) is -1.06. The van der Waals surface area contributed by atoms with Crippen molar-refractivity contribution in [2.75, 3.05) is 47.5 Å². The molecule has 58 heavy (non-hydrogen) atoms. The molecule has 0 aromatic rings. The minimum Gasteiger partial charge on any atom is -0.756 e. The summed E-state index contributed by atoms with van der Waals surface area (Å²) in [7, 11) is 1.04. The van der Waals surface area contributed by atoms with Gasteiger partial charge in [-0.25, -0.2) is 0 Å². The molecule has 0 aliphatic carbocycles. The normalized spacial score (nSPS) is 15.1. The maximum absolute atomic E-state index is 12.7. The van der Waals surface area contributed by atoms with E-state index in [9.17, 15) is 29.3 Å². The van der Waals surface area contributed by atoms with Crippen LogP contribution in [0.4, 0.5) is 0 Å². The van der Waals surface area contributed by atoms with E-state index in [1.54, 1.807) is 18.2 Å². The Balaban J connectivity index is 4.57. The van der Waals surface area contributed by atoms with E-state index >= 15 is 0 Å². The number of allylic oxidation sites excluding steroid dienone is 6. The van der Waals surface area contributed by atoms with Crippen molar-refractivity contribution in [2.45, 2.75) is 186 Å². The monoisotopic (exact) mass is 842 g/mol. The topological polar surface area (TPSA) is 152 Å². The molecule has 2 N–H and O–H groups in total. The second kappa shape index (κ2) is 37.9. The van der Waals surface area contributed by atoms with Gasteiger partial charge in [0.05, 0.1) is 40.0 Å². The van der Waals surface area contributed by atoms with Crippen molar-refractivity contribution in [3.63, 3.8) is 0 Å². The number of esters is 2. The van der Waals surface area contributed by atoms with E-state index in [1.807, 2.05) is 51.5 Å². The van der Waals surface area contributed by atoms with Gasteiger partial charge < -0.3 is 38.1 Å². The number of hydrogen-bond acceptors (Lipinski definition) is 10. The van der Waals surface area contributed by atoms with Gasteiger partial charge in [0.2, 0.25) is 0 Å². The third-order valence-corrected chi connectivity index (χ3v) is 10.5. The molecule has 0 heterocycles. The Morgan fingerprint density at radius 1 is 0.621 bits per heavy atom. The van der Waals surface area contributed by atoms with Crippen molar-refractivity contribution in [3.05, 3.63) is 48.6 Å². The average Bonchev–Trinajstić information content (AvgIpc) is 3.16. The van der Waals surface area contributed by atoms with E-state index in [1.165, 1.54) is 70.6 Å². The van der Waals surface area contributed by atoms with Crippen LogP contribution in [0, 0.1) is 0 Å². The largest absolute Gasteiger partial charge is 0.756 e. The second-order valence-corrected chi connectivity index (χ2v) is 17.9. The van der Waals surface area contributed by atoms with E-state index in [-0.39, 0.29) is 26.1 Å². The number of phosphoric ester groups is 1. The highest BCUT2D eigenvalue weighted by Gasteiger charge is 2.22. The van der Waals surface area contributed by atoms with Crippen molar-refractivity contribution in [2.24, 2.45) is 0 Å². The minimum absolute atomic E-state index is 0.0290. The standard InChI is InChI=1S/C46H84NO10P/c1-6-8-10-11-12-13-14-15-16-17-18-19-23-26-30-36-46(51)57-44(41-56-58(52,53)55-39-38-47(3,4)5)40-54-45(50)37-31-35-43(49)34-29-25-22-20-21-24-28-33-42(48)32-27-9-7-2/h21-22,24-25,28-29,33-34,42-44,48-49H,6-20,23,26-27,30-32,35-41H2,1-5H3/b24-21-,25-22-,33-28+,34-29+/t42-,43-,44+/m0/s1. The Labute approximate surface area is 353 Å². The molecule has 11 nitrogen and oxygen atoms in total. The number of likely N-dealkylation sites (N-methyl/N-ethyl adjacent to an activating group) is 1. The average molecular weight is 842 g/mol. The van der Waals surface area contributed by atoms with Crippen molar-refractivity contribution in [1.29, 1.82) is 0 Å². The van der Waals surface area contributed by atoms with Crippen LogP contribution in [0.25, 0.3) is 0 Å². The summed E-state index contributed by atoms with van der Waals surface area (Å²) in [5, 5.41) is 20.2. The molecule has 0 bridgehead atoms. The molecule has 0 amide bonds. The molecule has 0 saturated carbocycles. The molecule has 0 rings (SSSR count). The van der Waals surface area contributed by atoms with Gasteiger partial charge in [-0.2, -0.15) is 0 Å². The lowest BCUT2D eigenvalue weighted by Crippen LogP contribution is -2.37. The zero-order chi connectivity index (χ0) is 43.2. The first-order chi connectivity index (χ1) is 27.8. The first-order valence-electron chi connectivity index (χ1n) is 22.6. The third-order valence-electron chi connectivity index (χ3n) is 9.56. The summed E-state index contributed by atoms with van der Waals surface area (Å²) >= 11 is 0. The van der Waals surface area contributed by atoms with Gasteiger partial charge in [-0.1, -0.05) is 172 Å². The van der Waals surface area contributed by atoms with Gasteiger partial charge in [-0.3, -0.25) is 14.2 Å². The lowest BCUT2D eigenvalue weighted by Gasteiger charge is -2.28. The predicted molar refractivity (Wildman–Crippen MR) is 234 cm³/mol. The Bertz CT molecular complexity index is 1170. The number of carbonyl (C=O) groups is 2. The van der Waals surface area contributed by atoms with Crippen LogP contribution in [-0.2, 0) is 32.7 Å². The van der Waals surface area contributed by atoms with Gasteiger partial charge >= 0.3 is 11.9 Å². The lowest BCUT2D eigenvalue weighted by atomic mass is 10.0. The Hall–Kier alpha value is -2.11. The predicted octanol–water partition coefficient (Wildman–Crippen LogP) is 10.00. The van der Waals surface area contributed by atoms with Crippen LogP contribution in [0.5, 0.6) is 0 Å². The highest BCUT2D eigenvalue weighted by molar-refractivity contribution is 7.45. The Kier molecular flexibility index (Phi) is 36.5. The molecule has 0 aromatic heterocycles. The van der Waals surface area contributed by atoms with Gasteiger partial charge in [0.1, 0.15) is 19.8 Å². The van der Waals surface area contributed by atoms with Gasteiger partial charge in [0.15, 0.2) is 6.10 Å². The van der Waals surface area contributed by atoms with Crippen LogP contribution < -0.4 is 4.89 Å². The fourth-order valence-electron chi connectivity index (χ4n) is 5.93.